The molecular weight excluding hydrogens is 428 g/mol. The number of nitrogens with one attached hydrogen (secondary N) is 2. The zero-order valence-corrected chi connectivity index (χ0v) is 17.5. The Morgan fingerprint density at radius 3 is 2.03 bits per heavy atom. The van der Waals surface area contributed by atoms with Crippen LogP contribution in [0.15, 0.2) is 77.7 Å². The largest absolute Gasteiger partial charge is 0.497 e. The number of halogens is 1. The number of hydrogen-bond acceptors (Lipinski definition) is 5. The second-order valence-corrected chi connectivity index (χ2v) is 8.27. The zero-order valence-electron chi connectivity index (χ0n) is 16.0. The average Bonchev–Trinajstić information content (AvgIpc) is 2.74. The second-order valence-electron chi connectivity index (χ2n) is 6.15. The molecule has 156 valence electrons. The van der Waals surface area contributed by atoms with Gasteiger partial charge in [0.15, 0.2) is 6.61 Å². The third-order valence-corrected chi connectivity index (χ3v) is 5.62. The second kappa shape index (κ2) is 9.51. The fourth-order valence-electron chi connectivity index (χ4n) is 2.47. The van der Waals surface area contributed by atoms with Crippen molar-refractivity contribution in [2.45, 2.75) is 4.90 Å². The summed E-state index contributed by atoms with van der Waals surface area (Å²) in [7, 11) is -2.23. The lowest BCUT2D eigenvalue weighted by atomic mass is 10.3. The lowest BCUT2D eigenvalue weighted by Gasteiger charge is -2.10. The first kappa shape index (κ1) is 21.5. The summed E-state index contributed by atoms with van der Waals surface area (Å²) in [5.74, 6) is 0.638. The van der Waals surface area contributed by atoms with Gasteiger partial charge in [0.1, 0.15) is 11.5 Å². The number of carbonyl (C=O) groups excluding carboxylic acids is 1. The van der Waals surface area contributed by atoms with Crippen LogP contribution < -0.4 is 19.5 Å². The smallest absolute Gasteiger partial charge is 0.262 e. The van der Waals surface area contributed by atoms with E-state index in [0.717, 1.165) is 0 Å². The van der Waals surface area contributed by atoms with Crippen molar-refractivity contribution in [2.24, 2.45) is 0 Å². The van der Waals surface area contributed by atoms with Crippen LogP contribution in [0.25, 0.3) is 0 Å². The average molecular weight is 447 g/mol. The number of ether oxygens (including phenoxy) is 2. The summed E-state index contributed by atoms with van der Waals surface area (Å²) in [6.45, 7) is -0.223. The van der Waals surface area contributed by atoms with Gasteiger partial charge in [-0.1, -0.05) is 11.6 Å². The minimum atomic E-state index is -3.76. The van der Waals surface area contributed by atoms with Gasteiger partial charge in [-0.25, -0.2) is 8.42 Å². The Morgan fingerprint density at radius 2 is 1.43 bits per heavy atom. The van der Waals surface area contributed by atoms with E-state index in [9.17, 15) is 13.2 Å². The predicted octanol–water partition coefficient (Wildman–Crippen LogP) is 4.17. The number of sulfonamides is 1. The van der Waals surface area contributed by atoms with Gasteiger partial charge in [-0.15, -0.1) is 0 Å². The Bertz CT molecular complexity index is 1100. The molecule has 0 aliphatic rings. The van der Waals surface area contributed by atoms with Gasteiger partial charge in [-0.2, -0.15) is 0 Å². The Labute approximate surface area is 179 Å². The first-order chi connectivity index (χ1) is 14.4. The van der Waals surface area contributed by atoms with Gasteiger partial charge in [-0.3, -0.25) is 9.52 Å². The summed E-state index contributed by atoms with van der Waals surface area (Å²) in [4.78, 5) is 12.0. The van der Waals surface area contributed by atoms with Crippen molar-refractivity contribution in [3.8, 4) is 11.5 Å². The number of methoxy groups -OCH3 is 1. The quantitative estimate of drug-likeness (QED) is 0.541. The summed E-state index contributed by atoms with van der Waals surface area (Å²) in [6.07, 6.45) is 0. The van der Waals surface area contributed by atoms with Gasteiger partial charge in [0.25, 0.3) is 15.9 Å². The van der Waals surface area contributed by atoms with E-state index in [1.54, 1.807) is 48.5 Å². The van der Waals surface area contributed by atoms with Gasteiger partial charge in [0.2, 0.25) is 0 Å². The highest BCUT2D eigenvalue weighted by Crippen LogP contribution is 2.21. The molecule has 0 radical (unpaired) electrons. The highest BCUT2D eigenvalue weighted by atomic mass is 35.5. The van der Waals surface area contributed by atoms with Crippen molar-refractivity contribution in [2.75, 3.05) is 23.8 Å². The van der Waals surface area contributed by atoms with Gasteiger partial charge in [-0.05, 0) is 72.8 Å². The molecule has 2 N–H and O–H groups in total. The first-order valence-corrected chi connectivity index (χ1v) is 10.7. The van der Waals surface area contributed by atoms with Crippen molar-refractivity contribution in [3.05, 3.63) is 77.8 Å². The number of amides is 1. The highest BCUT2D eigenvalue weighted by molar-refractivity contribution is 7.92. The SMILES string of the molecule is COc1ccc(NS(=O)(=O)c2ccc(OCC(=O)Nc3ccc(Cl)cc3)cc2)cc1. The molecule has 0 bridgehead atoms. The molecule has 1 amide bonds. The van der Waals surface area contributed by atoms with Crippen molar-refractivity contribution in [1.82, 2.24) is 0 Å². The van der Waals surface area contributed by atoms with Crippen LogP contribution in [0.1, 0.15) is 0 Å². The molecular formula is C21H19ClN2O5S. The Morgan fingerprint density at radius 1 is 0.867 bits per heavy atom. The molecule has 0 unspecified atom stereocenters. The zero-order chi connectivity index (χ0) is 21.6. The highest BCUT2D eigenvalue weighted by Gasteiger charge is 2.14. The minimum Gasteiger partial charge on any atom is -0.497 e. The Balaban J connectivity index is 1.56. The van der Waals surface area contributed by atoms with Crippen molar-refractivity contribution in [1.29, 1.82) is 0 Å². The molecule has 0 atom stereocenters. The van der Waals surface area contributed by atoms with Crippen LogP contribution in [0.4, 0.5) is 11.4 Å². The third-order valence-electron chi connectivity index (χ3n) is 3.97. The Hall–Kier alpha value is -3.23. The number of carbonyl (C=O) groups is 1. The summed E-state index contributed by atoms with van der Waals surface area (Å²) >= 11 is 5.80. The molecule has 9 heteroatoms. The third kappa shape index (κ3) is 5.88. The Kier molecular flexibility index (Phi) is 6.81. The van der Waals surface area contributed by atoms with Crippen LogP contribution in [-0.2, 0) is 14.8 Å². The summed E-state index contributed by atoms with van der Waals surface area (Å²) in [5, 5.41) is 3.24. The number of hydrogen-bond donors (Lipinski definition) is 2. The fourth-order valence-corrected chi connectivity index (χ4v) is 3.65. The topological polar surface area (TPSA) is 93.7 Å². The van der Waals surface area contributed by atoms with Crippen LogP contribution in [0.2, 0.25) is 5.02 Å². The molecule has 7 nitrogen and oxygen atoms in total. The molecule has 0 saturated heterocycles. The summed E-state index contributed by atoms with van der Waals surface area (Å²) in [6, 6.07) is 19.0. The normalized spacial score (nSPS) is 10.9. The van der Waals surface area contributed by atoms with Crippen LogP contribution in [0.3, 0.4) is 0 Å². The van der Waals surface area contributed by atoms with E-state index in [4.69, 9.17) is 21.1 Å². The maximum atomic E-state index is 12.5. The van der Waals surface area contributed by atoms with Crippen LogP contribution in [0.5, 0.6) is 11.5 Å². The molecule has 3 aromatic rings. The molecule has 0 aromatic heterocycles. The van der Waals surface area contributed by atoms with Crippen molar-refractivity contribution >= 4 is 38.9 Å². The number of anilines is 2. The van der Waals surface area contributed by atoms with Gasteiger partial charge >= 0.3 is 0 Å². The van der Waals surface area contributed by atoms with E-state index in [1.165, 1.54) is 31.4 Å². The molecule has 0 aliphatic carbocycles. The lowest BCUT2D eigenvalue weighted by molar-refractivity contribution is -0.118. The maximum Gasteiger partial charge on any atom is 0.262 e. The van der Waals surface area contributed by atoms with E-state index in [1.807, 2.05) is 0 Å². The van der Waals surface area contributed by atoms with E-state index in [-0.39, 0.29) is 17.4 Å². The standard InChI is InChI=1S/C21H19ClN2O5S/c1-28-18-8-6-17(7-9-18)24-30(26,27)20-12-10-19(11-13-20)29-14-21(25)23-16-4-2-15(22)3-5-16/h2-13,24H,14H2,1H3,(H,23,25). The predicted molar refractivity (Wildman–Crippen MR) is 116 cm³/mol. The maximum absolute atomic E-state index is 12.5. The fraction of sp³-hybridized carbons (Fsp3) is 0.0952. The van der Waals surface area contributed by atoms with E-state index in [0.29, 0.717) is 27.9 Å². The lowest BCUT2D eigenvalue weighted by Crippen LogP contribution is -2.20. The first-order valence-electron chi connectivity index (χ1n) is 8.81. The van der Waals surface area contributed by atoms with E-state index >= 15 is 0 Å². The van der Waals surface area contributed by atoms with Gasteiger partial charge < -0.3 is 14.8 Å². The van der Waals surface area contributed by atoms with Gasteiger partial charge in [0, 0.05) is 16.4 Å². The van der Waals surface area contributed by atoms with E-state index < -0.39 is 10.0 Å². The molecule has 0 heterocycles. The molecule has 0 fully saturated rings. The summed E-state index contributed by atoms with van der Waals surface area (Å²) in [5.41, 5.74) is 1.01. The molecule has 0 saturated carbocycles. The van der Waals surface area contributed by atoms with Crippen LogP contribution >= 0.6 is 11.6 Å². The van der Waals surface area contributed by atoms with Crippen LogP contribution in [0, 0.1) is 0 Å². The summed E-state index contributed by atoms with van der Waals surface area (Å²) < 4.78 is 38.0. The van der Waals surface area contributed by atoms with Gasteiger partial charge in [0.05, 0.1) is 12.0 Å². The molecule has 3 rings (SSSR count). The van der Waals surface area contributed by atoms with Crippen LogP contribution in [-0.4, -0.2) is 28.0 Å². The molecule has 3 aromatic carbocycles. The molecule has 30 heavy (non-hydrogen) atoms. The van der Waals surface area contributed by atoms with E-state index in [2.05, 4.69) is 10.0 Å². The minimum absolute atomic E-state index is 0.0660. The molecule has 0 spiro atoms. The monoisotopic (exact) mass is 446 g/mol. The number of rotatable bonds is 8. The number of benzene rings is 3. The van der Waals surface area contributed by atoms with Crippen molar-refractivity contribution in [3.63, 3.8) is 0 Å². The molecule has 0 aliphatic heterocycles. The van der Waals surface area contributed by atoms with Crippen molar-refractivity contribution < 1.29 is 22.7 Å².